The Labute approximate surface area is 102 Å². The van der Waals surface area contributed by atoms with E-state index in [0.29, 0.717) is 5.92 Å². The molecule has 0 saturated heterocycles. The van der Waals surface area contributed by atoms with Crippen molar-refractivity contribution in [2.75, 3.05) is 0 Å². The van der Waals surface area contributed by atoms with E-state index in [0.717, 1.165) is 31.2 Å². The second-order valence-corrected chi connectivity index (χ2v) is 5.30. The van der Waals surface area contributed by atoms with Crippen molar-refractivity contribution in [1.29, 1.82) is 0 Å². The SMILES string of the molecule is Cc1ccc(F)c(C(=O)C2CCC(C)CC2)c1. The second kappa shape index (κ2) is 4.99. The number of rotatable bonds is 2. The van der Waals surface area contributed by atoms with Gasteiger partial charge in [-0.2, -0.15) is 0 Å². The molecule has 0 radical (unpaired) electrons. The molecule has 1 aliphatic rings. The normalized spacial score (nSPS) is 24.6. The lowest BCUT2D eigenvalue weighted by Crippen LogP contribution is -2.21. The fourth-order valence-corrected chi connectivity index (χ4v) is 2.57. The zero-order chi connectivity index (χ0) is 12.4. The largest absolute Gasteiger partial charge is 0.294 e. The van der Waals surface area contributed by atoms with Crippen LogP contribution in [0, 0.1) is 24.6 Å². The third-order valence-corrected chi connectivity index (χ3v) is 3.77. The molecule has 1 fully saturated rings. The van der Waals surface area contributed by atoms with Crippen molar-refractivity contribution in [3.05, 3.63) is 35.1 Å². The van der Waals surface area contributed by atoms with Gasteiger partial charge in [0, 0.05) is 5.92 Å². The predicted molar refractivity (Wildman–Crippen MR) is 66.6 cm³/mol. The van der Waals surface area contributed by atoms with Crippen molar-refractivity contribution in [3.8, 4) is 0 Å². The molecule has 0 heterocycles. The molecule has 0 aliphatic heterocycles. The smallest absolute Gasteiger partial charge is 0.168 e. The van der Waals surface area contributed by atoms with Crippen LogP contribution < -0.4 is 0 Å². The Kier molecular flexibility index (Phi) is 3.60. The molecule has 1 aromatic carbocycles. The van der Waals surface area contributed by atoms with Gasteiger partial charge in [0.25, 0.3) is 0 Å². The monoisotopic (exact) mass is 234 g/mol. The highest BCUT2D eigenvalue weighted by atomic mass is 19.1. The third kappa shape index (κ3) is 2.74. The van der Waals surface area contributed by atoms with Gasteiger partial charge >= 0.3 is 0 Å². The Morgan fingerprint density at radius 2 is 1.88 bits per heavy atom. The van der Waals surface area contributed by atoms with Gasteiger partial charge in [0.05, 0.1) is 5.56 Å². The molecule has 1 aliphatic carbocycles. The number of halogens is 1. The summed E-state index contributed by atoms with van der Waals surface area (Å²) in [7, 11) is 0. The molecule has 0 spiro atoms. The van der Waals surface area contributed by atoms with Crippen LogP contribution in [-0.2, 0) is 0 Å². The van der Waals surface area contributed by atoms with E-state index in [2.05, 4.69) is 6.92 Å². The molecule has 0 unspecified atom stereocenters. The average molecular weight is 234 g/mol. The summed E-state index contributed by atoms with van der Waals surface area (Å²) in [5.41, 5.74) is 1.23. The third-order valence-electron chi connectivity index (χ3n) is 3.77. The maximum Gasteiger partial charge on any atom is 0.168 e. The van der Waals surface area contributed by atoms with Gasteiger partial charge in [-0.1, -0.05) is 31.4 Å². The maximum absolute atomic E-state index is 13.6. The Bertz CT molecular complexity index is 417. The first-order chi connectivity index (χ1) is 8.08. The lowest BCUT2D eigenvalue weighted by atomic mass is 9.79. The summed E-state index contributed by atoms with van der Waals surface area (Å²) >= 11 is 0. The zero-order valence-electron chi connectivity index (χ0n) is 10.5. The van der Waals surface area contributed by atoms with Gasteiger partial charge in [-0.3, -0.25) is 4.79 Å². The van der Waals surface area contributed by atoms with E-state index >= 15 is 0 Å². The quantitative estimate of drug-likeness (QED) is 0.703. The van der Waals surface area contributed by atoms with E-state index in [9.17, 15) is 9.18 Å². The van der Waals surface area contributed by atoms with Crippen LogP contribution in [-0.4, -0.2) is 5.78 Å². The van der Waals surface area contributed by atoms with Crippen LogP contribution in [0.2, 0.25) is 0 Å². The number of carbonyl (C=O) groups is 1. The molecule has 1 aromatic rings. The van der Waals surface area contributed by atoms with E-state index in [1.807, 2.05) is 6.92 Å². The second-order valence-electron chi connectivity index (χ2n) is 5.30. The molecule has 1 saturated carbocycles. The van der Waals surface area contributed by atoms with Crippen LogP contribution in [0.1, 0.15) is 48.5 Å². The summed E-state index contributed by atoms with van der Waals surface area (Å²) in [6, 6.07) is 4.78. The van der Waals surface area contributed by atoms with Crippen LogP contribution in [0.25, 0.3) is 0 Å². The average Bonchev–Trinajstić information content (AvgIpc) is 2.32. The molecular formula is C15H19FO. The number of hydrogen-bond acceptors (Lipinski definition) is 1. The number of hydrogen-bond donors (Lipinski definition) is 0. The number of Topliss-reactive ketones (excluding diaryl/α,β-unsaturated/α-hetero) is 1. The van der Waals surface area contributed by atoms with Crippen LogP contribution in [0.5, 0.6) is 0 Å². The van der Waals surface area contributed by atoms with Gasteiger partial charge in [-0.05, 0) is 37.8 Å². The van der Waals surface area contributed by atoms with Crippen molar-refractivity contribution in [3.63, 3.8) is 0 Å². The summed E-state index contributed by atoms with van der Waals surface area (Å²) in [6.45, 7) is 4.10. The molecule has 0 bridgehead atoms. The van der Waals surface area contributed by atoms with Gasteiger partial charge in [-0.15, -0.1) is 0 Å². The summed E-state index contributed by atoms with van der Waals surface area (Å²) < 4.78 is 13.6. The minimum absolute atomic E-state index is 0.00176. The van der Waals surface area contributed by atoms with E-state index < -0.39 is 0 Å². The Morgan fingerprint density at radius 3 is 2.53 bits per heavy atom. The predicted octanol–water partition coefficient (Wildman–Crippen LogP) is 4.14. The maximum atomic E-state index is 13.6. The number of benzene rings is 1. The first kappa shape index (κ1) is 12.3. The fourth-order valence-electron chi connectivity index (χ4n) is 2.57. The zero-order valence-corrected chi connectivity index (χ0v) is 10.5. The molecule has 2 heteroatoms. The van der Waals surface area contributed by atoms with E-state index in [-0.39, 0.29) is 23.1 Å². The lowest BCUT2D eigenvalue weighted by Gasteiger charge is -2.25. The van der Waals surface area contributed by atoms with Crippen molar-refractivity contribution in [2.24, 2.45) is 11.8 Å². The molecule has 0 aromatic heterocycles. The van der Waals surface area contributed by atoms with Crippen molar-refractivity contribution in [1.82, 2.24) is 0 Å². The summed E-state index contributed by atoms with van der Waals surface area (Å²) in [5, 5.41) is 0. The summed E-state index contributed by atoms with van der Waals surface area (Å²) in [5.74, 6) is 0.362. The summed E-state index contributed by atoms with van der Waals surface area (Å²) in [4.78, 5) is 12.2. The molecule has 0 N–H and O–H groups in total. The van der Waals surface area contributed by atoms with E-state index in [1.165, 1.54) is 6.07 Å². The van der Waals surface area contributed by atoms with Gasteiger partial charge in [0.15, 0.2) is 5.78 Å². The molecular weight excluding hydrogens is 215 g/mol. The molecule has 0 atom stereocenters. The standard InChI is InChI=1S/C15H19FO/c1-10-3-6-12(7-4-10)15(17)13-9-11(2)5-8-14(13)16/h5,8-10,12H,3-4,6-7H2,1-2H3. The highest BCUT2D eigenvalue weighted by Gasteiger charge is 2.26. The minimum atomic E-state index is -0.376. The first-order valence-corrected chi connectivity index (χ1v) is 6.38. The van der Waals surface area contributed by atoms with Crippen LogP contribution in [0.3, 0.4) is 0 Å². The molecule has 1 nitrogen and oxygen atoms in total. The lowest BCUT2D eigenvalue weighted by molar-refractivity contribution is 0.0871. The topological polar surface area (TPSA) is 17.1 Å². The molecule has 2 rings (SSSR count). The van der Waals surface area contributed by atoms with Crippen molar-refractivity contribution < 1.29 is 9.18 Å². The van der Waals surface area contributed by atoms with Gasteiger partial charge < -0.3 is 0 Å². The fraction of sp³-hybridized carbons (Fsp3) is 0.533. The van der Waals surface area contributed by atoms with Gasteiger partial charge in [0.1, 0.15) is 5.82 Å². The van der Waals surface area contributed by atoms with Gasteiger partial charge in [-0.25, -0.2) is 4.39 Å². The van der Waals surface area contributed by atoms with Crippen molar-refractivity contribution >= 4 is 5.78 Å². The number of carbonyl (C=O) groups excluding carboxylic acids is 1. The summed E-state index contributed by atoms with van der Waals surface area (Å²) in [6.07, 6.45) is 3.99. The Hall–Kier alpha value is -1.18. The number of aryl methyl sites for hydroxylation is 1. The van der Waals surface area contributed by atoms with Crippen LogP contribution >= 0.6 is 0 Å². The minimum Gasteiger partial charge on any atom is -0.294 e. The van der Waals surface area contributed by atoms with Gasteiger partial charge in [0.2, 0.25) is 0 Å². The molecule has 92 valence electrons. The van der Waals surface area contributed by atoms with Crippen LogP contribution in [0.15, 0.2) is 18.2 Å². The van der Waals surface area contributed by atoms with E-state index in [4.69, 9.17) is 0 Å². The molecule has 17 heavy (non-hydrogen) atoms. The highest BCUT2D eigenvalue weighted by Crippen LogP contribution is 2.31. The number of ketones is 1. The van der Waals surface area contributed by atoms with Crippen LogP contribution in [0.4, 0.5) is 4.39 Å². The Morgan fingerprint density at radius 1 is 1.24 bits per heavy atom. The van der Waals surface area contributed by atoms with Crippen molar-refractivity contribution in [2.45, 2.75) is 39.5 Å². The first-order valence-electron chi connectivity index (χ1n) is 6.38. The highest BCUT2D eigenvalue weighted by molar-refractivity contribution is 5.98. The van der Waals surface area contributed by atoms with E-state index in [1.54, 1.807) is 12.1 Å². The molecule has 0 amide bonds. The Balaban J connectivity index is 2.16.